The molecule has 0 heterocycles. The highest BCUT2D eigenvalue weighted by Gasteiger charge is 2.35. The first-order valence-electron chi connectivity index (χ1n) is 10.5. The van der Waals surface area contributed by atoms with Gasteiger partial charge in [-0.05, 0) is 85.4 Å². The van der Waals surface area contributed by atoms with Crippen LogP contribution in [0.4, 0.5) is 0 Å². The van der Waals surface area contributed by atoms with E-state index in [1.807, 2.05) is 12.1 Å². The molecule has 1 aliphatic rings. The molecule has 2 nitrogen and oxygen atoms in total. The lowest BCUT2D eigenvalue weighted by Gasteiger charge is -2.37. The summed E-state index contributed by atoms with van der Waals surface area (Å²) >= 11 is 0. The smallest absolute Gasteiger partial charge is 0.118 e. The Labute approximate surface area is 174 Å². The summed E-state index contributed by atoms with van der Waals surface area (Å²) in [5.41, 5.74) is 6.64. The highest BCUT2D eigenvalue weighted by molar-refractivity contribution is 5.68. The second-order valence-corrected chi connectivity index (χ2v) is 8.47. The molecule has 3 aromatic rings. The Morgan fingerprint density at radius 3 is 2.10 bits per heavy atom. The standard InChI is InChI=1S/C27H30O2/c1-19-4-6-23(7-5-19)26-13-10-24(18-20(26)2)27(28)16-14-22(15-17-27)21-8-11-25(29-3)12-9-21/h4-13,18,22,28H,14-17H2,1-3H3. The van der Waals surface area contributed by atoms with Crippen molar-refractivity contribution < 1.29 is 9.84 Å². The monoisotopic (exact) mass is 386 g/mol. The van der Waals surface area contributed by atoms with Gasteiger partial charge < -0.3 is 9.84 Å². The van der Waals surface area contributed by atoms with E-state index in [9.17, 15) is 5.11 Å². The molecule has 0 saturated heterocycles. The fourth-order valence-corrected chi connectivity index (χ4v) is 4.60. The lowest BCUT2D eigenvalue weighted by atomic mass is 9.73. The van der Waals surface area contributed by atoms with E-state index >= 15 is 0 Å². The Bertz CT molecular complexity index is 962. The van der Waals surface area contributed by atoms with Crippen molar-refractivity contribution in [2.45, 2.75) is 51.0 Å². The highest BCUT2D eigenvalue weighted by Crippen LogP contribution is 2.44. The minimum Gasteiger partial charge on any atom is -0.497 e. The topological polar surface area (TPSA) is 29.5 Å². The predicted molar refractivity (Wildman–Crippen MR) is 119 cm³/mol. The second kappa shape index (κ2) is 8.04. The van der Waals surface area contributed by atoms with Gasteiger partial charge in [0.25, 0.3) is 0 Å². The minimum atomic E-state index is -0.723. The molecule has 1 N–H and O–H groups in total. The molecule has 2 heteroatoms. The Morgan fingerprint density at radius 2 is 1.52 bits per heavy atom. The Hall–Kier alpha value is -2.58. The van der Waals surface area contributed by atoms with Crippen LogP contribution in [0.2, 0.25) is 0 Å². The van der Waals surface area contributed by atoms with Crippen molar-refractivity contribution in [2.24, 2.45) is 0 Å². The molecule has 0 atom stereocenters. The maximum absolute atomic E-state index is 11.4. The fraction of sp³-hybridized carbons (Fsp3) is 0.333. The molecule has 4 rings (SSSR count). The molecule has 0 aliphatic heterocycles. The number of rotatable bonds is 4. The van der Waals surface area contributed by atoms with E-state index in [2.05, 4.69) is 68.4 Å². The summed E-state index contributed by atoms with van der Waals surface area (Å²) in [6, 6.07) is 23.5. The van der Waals surface area contributed by atoms with Crippen molar-refractivity contribution in [3.63, 3.8) is 0 Å². The van der Waals surface area contributed by atoms with Crippen LogP contribution >= 0.6 is 0 Å². The van der Waals surface area contributed by atoms with Gasteiger partial charge in [-0.3, -0.25) is 0 Å². The molecule has 1 fully saturated rings. The normalized spacial score (nSPS) is 21.7. The quantitative estimate of drug-likeness (QED) is 0.553. The summed E-state index contributed by atoms with van der Waals surface area (Å²) in [6.45, 7) is 4.25. The highest BCUT2D eigenvalue weighted by atomic mass is 16.5. The predicted octanol–water partition coefficient (Wildman–Crippen LogP) is 6.52. The molecule has 3 aromatic carbocycles. The minimum absolute atomic E-state index is 0.508. The molecule has 0 amide bonds. The van der Waals surface area contributed by atoms with Crippen LogP contribution in [0, 0.1) is 13.8 Å². The lowest BCUT2D eigenvalue weighted by molar-refractivity contribution is -0.00570. The van der Waals surface area contributed by atoms with E-state index in [4.69, 9.17) is 4.74 Å². The Kier molecular flexibility index (Phi) is 5.47. The van der Waals surface area contributed by atoms with Crippen LogP contribution in [0.25, 0.3) is 11.1 Å². The molecular weight excluding hydrogens is 356 g/mol. The first-order valence-corrected chi connectivity index (χ1v) is 10.5. The third kappa shape index (κ3) is 4.09. The van der Waals surface area contributed by atoms with Gasteiger partial charge >= 0.3 is 0 Å². The van der Waals surface area contributed by atoms with Crippen molar-refractivity contribution in [1.82, 2.24) is 0 Å². The van der Waals surface area contributed by atoms with Gasteiger partial charge in [-0.15, -0.1) is 0 Å². The van der Waals surface area contributed by atoms with Gasteiger partial charge in [0.2, 0.25) is 0 Å². The SMILES string of the molecule is COc1ccc(C2CCC(O)(c3ccc(-c4ccc(C)cc4)c(C)c3)CC2)cc1. The molecule has 29 heavy (non-hydrogen) atoms. The van der Waals surface area contributed by atoms with Crippen molar-refractivity contribution in [3.8, 4) is 16.9 Å². The van der Waals surface area contributed by atoms with E-state index in [1.165, 1.54) is 27.8 Å². The maximum Gasteiger partial charge on any atom is 0.118 e. The molecular formula is C27H30O2. The van der Waals surface area contributed by atoms with Gasteiger partial charge in [0.15, 0.2) is 0 Å². The zero-order valence-electron chi connectivity index (χ0n) is 17.6. The second-order valence-electron chi connectivity index (χ2n) is 8.47. The summed E-state index contributed by atoms with van der Waals surface area (Å²) in [4.78, 5) is 0. The summed E-state index contributed by atoms with van der Waals surface area (Å²) in [5.74, 6) is 1.40. The maximum atomic E-state index is 11.4. The van der Waals surface area contributed by atoms with E-state index in [-0.39, 0.29) is 0 Å². The lowest BCUT2D eigenvalue weighted by Crippen LogP contribution is -2.31. The first kappa shape index (κ1) is 19.7. The van der Waals surface area contributed by atoms with Crippen LogP contribution in [0.1, 0.15) is 53.9 Å². The van der Waals surface area contributed by atoms with Gasteiger partial charge in [0.05, 0.1) is 12.7 Å². The van der Waals surface area contributed by atoms with Gasteiger partial charge in [0, 0.05) is 0 Å². The van der Waals surface area contributed by atoms with Gasteiger partial charge in [-0.1, -0.05) is 60.2 Å². The van der Waals surface area contributed by atoms with Crippen molar-refractivity contribution >= 4 is 0 Å². The molecule has 1 aliphatic carbocycles. The molecule has 0 radical (unpaired) electrons. The summed E-state index contributed by atoms with van der Waals surface area (Å²) in [6.07, 6.45) is 3.60. The van der Waals surface area contributed by atoms with E-state index < -0.39 is 5.60 Å². The summed E-state index contributed by atoms with van der Waals surface area (Å²) in [7, 11) is 1.70. The first-order chi connectivity index (χ1) is 14.0. The van der Waals surface area contributed by atoms with Crippen molar-refractivity contribution in [2.75, 3.05) is 7.11 Å². The number of ether oxygens (including phenoxy) is 1. The number of methoxy groups -OCH3 is 1. The molecule has 150 valence electrons. The number of hydrogen-bond acceptors (Lipinski definition) is 2. The zero-order valence-corrected chi connectivity index (χ0v) is 17.6. The van der Waals surface area contributed by atoms with Crippen LogP contribution in [0.15, 0.2) is 66.7 Å². The van der Waals surface area contributed by atoms with E-state index in [0.29, 0.717) is 5.92 Å². The molecule has 1 saturated carbocycles. The zero-order chi connectivity index (χ0) is 20.4. The average Bonchev–Trinajstić information content (AvgIpc) is 2.75. The molecule has 0 aromatic heterocycles. The largest absolute Gasteiger partial charge is 0.497 e. The number of benzene rings is 3. The Balaban J connectivity index is 1.50. The molecule has 0 unspecified atom stereocenters. The van der Waals surface area contributed by atoms with Gasteiger partial charge in [0.1, 0.15) is 5.75 Å². The van der Waals surface area contributed by atoms with Crippen LogP contribution in [0.3, 0.4) is 0 Å². The van der Waals surface area contributed by atoms with Gasteiger partial charge in [-0.25, -0.2) is 0 Å². The van der Waals surface area contributed by atoms with E-state index in [1.54, 1.807) is 7.11 Å². The molecule has 0 bridgehead atoms. The van der Waals surface area contributed by atoms with Crippen LogP contribution in [-0.2, 0) is 5.60 Å². The number of aryl methyl sites for hydroxylation is 2. The van der Waals surface area contributed by atoms with Gasteiger partial charge in [-0.2, -0.15) is 0 Å². The van der Waals surface area contributed by atoms with Crippen LogP contribution < -0.4 is 4.74 Å². The average molecular weight is 387 g/mol. The van der Waals surface area contributed by atoms with E-state index in [0.717, 1.165) is 37.0 Å². The summed E-state index contributed by atoms with van der Waals surface area (Å²) < 4.78 is 5.27. The number of hydrogen-bond donors (Lipinski definition) is 1. The fourth-order valence-electron chi connectivity index (χ4n) is 4.60. The van der Waals surface area contributed by atoms with Crippen LogP contribution in [0.5, 0.6) is 5.75 Å². The third-order valence-electron chi connectivity index (χ3n) is 6.53. The third-order valence-corrected chi connectivity index (χ3v) is 6.53. The number of aliphatic hydroxyl groups is 1. The van der Waals surface area contributed by atoms with Crippen molar-refractivity contribution in [1.29, 1.82) is 0 Å². The Morgan fingerprint density at radius 1 is 0.862 bits per heavy atom. The van der Waals surface area contributed by atoms with Crippen LogP contribution in [-0.4, -0.2) is 12.2 Å². The van der Waals surface area contributed by atoms with Crippen molar-refractivity contribution in [3.05, 3.63) is 89.0 Å². The molecule has 0 spiro atoms. The summed E-state index contributed by atoms with van der Waals surface area (Å²) in [5, 5.41) is 11.4.